The van der Waals surface area contributed by atoms with Gasteiger partial charge in [-0.25, -0.2) is 4.98 Å². The van der Waals surface area contributed by atoms with Crippen LogP contribution in [0.15, 0.2) is 24.4 Å². The average Bonchev–Trinajstić information content (AvgIpc) is 3.34. The van der Waals surface area contributed by atoms with Crippen molar-refractivity contribution in [1.29, 1.82) is 0 Å². The van der Waals surface area contributed by atoms with Crippen LogP contribution in [0.5, 0.6) is 5.75 Å². The first kappa shape index (κ1) is 28.6. The molecule has 3 fully saturated rings. The quantitative estimate of drug-likeness (QED) is 0.310. The number of hydrogen-bond donors (Lipinski definition) is 3. The number of methoxy groups -OCH3 is 1. The van der Waals surface area contributed by atoms with Crippen molar-refractivity contribution >= 4 is 28.7 Å². The number of amides is 1. The van der Waals surface area contributed by atoms with Gasteiger partial charge < -0.3 is 30.5 Å². The van der Waals surface area contributed by atoms with Gasteiger partial charge in [-0.2, -0.15) is 10.1 Å². The van der Waals surface area contributed by atoms with Crippen LogP contribution in [-0.4, -0.2) is 106 Å². The fraction of sp³-hybridized carbons (Fsp3) is 0.600. The van der Waals surface area contributed by atoms with Crippen molar-refractivity contribution in [2.45, 2.75) is 57.7 Å². The number of anilines is 2. The van der Waals surface area contributed by atoms with Crippen LogP contribution < -0.4 is 15.8 Å². The second kappa shape index (κ2) is 12.0. The molecule has 0 aliphatic carbocycles. The van der Waals surface area contributed by atoms with Crippen LogP contribution in [0.1, 0.15) is 54.9 Å². The first-order chi connectivity index (χ1) is 20.4. The fourth-order valence-corrected chi connectivity index (χ4v) is 6.81. The molecule has 0 saturated carbocycles. The Morgan fingerprint density at radius 3 is 2.71 bits per heavy atom. The number of hydrogen-bond acceptors (Lipinski definition) is 10. The third-order valence-corrected chi connectivity index (χ3v) is 8.94. The van der Waals surface area contributed by atoms with Gasteiger partial charge in [0.1, 0.15) is 16.8 Å². The maximum atomic E-state index is 13.4. The fourth-order valence-electron chi connectivity index (χ4n) is 6.81. The van der Waals surface area contributed by atoms with E-state index >= 15 is 0 Å². The summed E-state index contributed by atoms with van der Waals surface area (Å²) in [6, 6.07) is 6.31. The largest absolute Gasteiger partial charge is 0.496 e. The number of rotatable bonds is 11. The van der Waals surface area contributed by atoms with E-state index in [0.29, 0.717) is 41.7 Å². The second-order valence-electron chi connectivity index (χ2n) is 12.0. The first-order valence-electron chi connectivity index (χ1n) is 15.1. The predicted octanol–water partition coefficient (Wildman–Crippen LogP) is 2.37. The summed E-state index contributed by atoms with van der Waals surface area (Å²) in [7, 11) is 1.62. The number of carbonyl (C=O) groups is 1. The van der Waals surface area contributed by atoms with E-state index in [1.165, 1.54) is 0 Å². The Bertz CT molecular complexity index is 1400. The number of benzene rings is 1. The van der Waals surface area contributed by atoms with E-state index in [9.17, 15) is 9.90 Å². The Morgan fingerprint density at radius 1 is 1.21 bits per heavy atom. The minimum Gasteiger partial charge on any atom is -0.496 e. The van der Waals surface area contributed by atoms with Crippen molar-refractivity contribution in [1.82, 2.24) is 29.5 Å². The molecule has 0 bridgehead atoms. The third-order valence-electron chi connectivity index (χ3n) is 8.94. The van der Waals surface area contributed by atoms with Gasteiger partial charge >= 0.3 is 0 Å². The molecule has 6 rings (SSSR count). The lowest BCUT2D eigenvalue weighted by molar-refractivity contribution is -0.127. The van der Waals surface area contributed by atoms with Gasteiger partial charge in [0.25, 0.3) is 5.91 Å². The summed E-state index contributed by atoms with van der Waals surface area (Å²) >= 11 is 0. The van der Waals surface area contributed by atoms with E-state index in [2.05, 4.69) is 32.2 Å². The molecule has 12 nitrogen and oxygen atoms in total. The molecule has 3 aliphatic heterocycles. The van der Waals surface area contributed by atoms with E-state index in [-0.39, 0.29) is 29.9 Å². The summed E-state index contributed by atoms with van der Waals surface area (Å²) < 4.78 is 13.1. The smallest absolute Gasteiger partial charge is 0.254 e. The Kier molecular flexibility index (Phi) is 8.19. The Morgan fingerprint density at radius 2 is 2.00 bits per heavy atom. The molecular formula is C30H42N8O4. The standard InChI is InChI=1S/C30H42N8O4/c1-3-4-22(7-10-39)33-27-26-24(34-29(31)35-27)14-32-38(26)15-21-6-5-20(13-25(21)41-2)28(40)37-18-30(19-37)16-36(17-30)23-8-11-42-12-9-23/h5-6,13-14,22-23,39H,3-4,7-12,15-19H2,1-2H3,(H3,31,33,34,35)/t22-/m0/s1. The molecule has 0 radical (unpaired) electrons. The Hall–Kier alpha value is -3.48. The van der Waals surface area contributed by atoms with Crippen molar-refractivity contribution in [3.05, 3.63) is 35.5 Å². The average molecular weight is 579 g/mol. The van der Waals surface area contributed by atoms with Gasteiger partial charge in [0.05, 0.1) is 19.9 Å². The predicted molar refractivity (Wildman–Crippen MR) is 160 cm³/mol. The van der Waals surface area contributed by atoms with E-state index in [1.54, 1.807) is 13.3 Å². The molecule has 42 heavy (non-hydrogen) atoms. The lowest BCUT2D eigenvalue weighted by Gasteiger charge is -2.62. The summed E-state index contributed by atoms with van der Waals surface area (Å²) in [6.07, 6.45) is 6.35. The van der Waals surface area contributed by atoms with Crippen molar-refractivity contribution in [3.63, 3.8) is 0 Å². The summed E-state index contributed by atoms with van der Waals surface area (Å²) in [5.41, 5.74) is 9.12. The number of aliphatic hydroxyl groups excluding tert-OH is 1. The number of nitrogens with zero attached hydrogens (tertiary/aromatic N) is 6. The van der Waals surface area contributed by atoms with Gasteiger partial charge in [-0.1, -0.05) is 19.4 Å². The highest BCUT2D eigenvalue weighted by atomic mass is 16.5. The SMILES string of the molecule is CCC[C@@H](CCO)Nc1nc(N)nc2cnn(Cc3ccc(C(=O)N4CC5(C4)CN(C4CCOCC4)C5)cc3OC)c12. The van der Waals surface area contributed by atoms with Crippen LogP contribution in [0.3, 0.4) is 0 Å². The maximum absolute atomic E-state index is 13.4. The summed E-state index contributed by atoms with van der Waals surface area (Å²) in [5, 5.41) is 17.6. The number of fused-ring (bicyclic) bond motifs is 1. The number of aromatic nitrogens is 4. The third kappa shape index (κ3) is 5.62. The highest BCUT2D eigenvalue weighted by molar-refractivity contribution is 5.95. The minimum atomic E-state index is 0.0424. The molecule has 2 aromatic heterocycles. The van der Waals surface area contributed by atoms with Crippen LogP contribution in [0.4, 0.5) is 11.8 Å². The molecule has 0 unspecified atom stereocenters. The van der Waals surface area contributed by atoms with Crippen LogP contribution in [-0.2, 0) is 11.3 Å². The van der Waals surface area contributed by atoms with Gasteiger partial charge in [-0.05, 0) is 37.8 Å². The maximum Gasteiger partial charge on any atom is 0.254 e. The molecule has 3 aromatic rings. The molecule has 5 heterocycles. The lowest BCUT2D eigenvalue weighted by atomic mass is 9.71. The second-order valence-corrected chi connectivity index (χ2v) is 12.0. The van der Waals surface area contributed by atoms with E-state index in [4.69, 9.17) is 15.2 Å². The number of ether oxygens (including phenoxy) is 2. The first-order valence-corrected chi connectivity index (χ1v) is 15.1. The summed E-state index contributed by atoms with van der Waals surface area (Å²) in [5.74, 6) is 1.42. The molecule has 1 amide bonds. The van der Waals surface area contributed by atoms with Gasteiger partial charge in [0, 0.05) is 74.6 Å². The van der Waals surface area contributed by atoms with Crippen LogP contribution >= 0.6 is 0 Å². The molecule has 226 valence electrons. The molecular weight excluding hydrogens is 536 g/mol. The number of aliphatic hydroxyl groups is 1. The zero-order valence-electron chi connectivity index (χ0n) is 24.6. The van der Waals surface area contributed by atoms with E-state index in [0.717, 1.165) is 76.2 Å². The zero-order valence-corrected chi connectivity index (χ0v) is 24.6. The van der Waals surface area contributed by atoms with Crippen LogP contribution in [0, 0.1) is 5.41 Å². The topological polar surface area (TPSA) is 144 Å². The van der Waals surface area contributed by atoms with Crippen LogP contribution in [0.25, 0.3) is 11.0 Å². The van der Waals surface area contributed by atoms with E-state index in [1.807, 2.05) is 27.8 Å². The highest BCUT2D eigenvalue weighted by Crippen LogP contribution is 2.42. The normalized spacial score (nSPS) is 19.5. The Balaban J connectivity index is 1.14. The zero-order chi connectivity index (χ0) is 29.3. The minimum absolute atomic E-state index is 0.0424. The van der Waals surface area contributed by atoms with Crippen molar-refractivity contribution in [2.75, 3.05) is 64.2 Å². The highest BCUT2D eigenvalue weighted by Gasteiger charge is 2.54. The molecule has 1 spiro atoms. The number of nitrogens with two attached hydrogens (primary N) is 1. The number of nitrogens with one attached hydrogen (secondary N) is 1. The van der Waals surface area contributed by atoms with Gasteiger partial charge in [0.15, 0.2) is 5.82 Å². The van der Waals surface area contributed by atoms with Gasteiger partial charge in [0.2, 0.25) is 5.95 Å². The molecule has 4 N–H and O–H groups in total. The molecule has 3 saturated heterocycles. The van der Waals surface area contributed by atoms with Gasteiger partial charge in [-0.15, -0.1) is 0 Å². The summed E-state index contributed by atoms with van der Waals surface area (Å²) in [4.78, 5) is 26.7. The molecule has 1 atom stereocenters. The molecule has 12 heteroatoms. The lowest BCUT2D eigenvalue weighted by Crippen LogP contribution is -2.74. The van der Waals surface area contributed by atoms with Gasteiger partial charge in [-0.3, -0.25) is 14.4 Å². The van der Waals surface area contributed by atoms with Crippen molar-refractivity contribution in [3.8, 4) is 5.75 Å². The molecule has 3 aliphatic rings. The number of likely N-dealkylation sites (tertiary alicyclic amines) is 2. The monoisotopic (exact) mass is 578 g/mol. The van der Waals surface area contributed by atoms with E-state index < -0.39 is 0 Å². The Labute approximate surface area is 246 Å². The number of nitrogen functional groups attached to an aromatic ring is 1. The van der Waals surface area contributed by atoms with Crippen molar-refractivity contribution < 1.29 is 19.4 Å². The summed E-state index contributed by atoms with van der Waals surface area (Å²) in [6.45, 7) is 8.07. The number of carbonyl (C=O) groups excluding carboxylic acids is 1. The molecule has 1 aromatic carbocycles. The van der Waals surface area contributed by atoms with Crippen LogP contribution in [0.2, 0.25) is 0 Å². The van der Waals surface area contributed by atoms with Crippen molar-refractivity contribution in [2.24, 2.45) is 5.41 Å².